The summed E-state index contributed by atoms with van der Waals surface area (Å²) >= 11 is 0. The minimum absolute atomic E-state index is 0.0198. The zero-order valence-corrected chi connectivity index (χ0v) is 30.4. The molecule has 4 aliphatic rings. The first-order valence-electron chi connectivity index (χ1n) is 18.0. The number of rotatable bonds is 11. The van der Waals surface area contributed by atoms with E-state index < -0.39 is 82.9 Å². The zero-order chi connectivity index (χ0) is 38.4. The molecule has 1 unspecified atom stereocenters. The summed E-state index contributed by atoms with van der Waals surface area (Å²) in [6.45, 7) is 9.46. The average molecular weight is 734 g/mol. The van der Waals surface area contributed by atoms with E-state index in [-0.39, 0.29) is 35.4 Å². The number of Topliss-reactive ketones (excluding diaryl/α,β-unsaturated/α-hetero) is 1. The SMILES string of the molecule is CC(C)(C)[C@H](NC(=O)[C@@H](NC(=O)c1cnccn1)C1CCCCC1)C(=O)N1C[C@]2(C[C@H]1C(=O)NC(CC(F)(F)F)C(=O)C(N)=O)C(C)(C)C21CCC1. The lowest BCUT2D eigenvalue weighted by Gasteiger charge is -2.38. The van der Waals surface area contributed by atoms with E-state index in [1.807, 2.05) is 0 Å². The topological polar surface area (TPSA) is 194 Å². The Morgan fingerprint density at radius 3 is 2.10 bits per heavy atom. The van der Waals surface area contributed by atoms with Crippen LogP contribution in [-0.4, -0.2) is 87.1 Å². The molecule has 13 nitrogen and oxygen atoms in total. The maximum Gasteiger partial charge on any atom is 0.391 e. The van der Waals surface area contributed by atoms with E-state index in [4.69, 9.17) is 5.73 Å². The second-order valence-corrected chi connectivity index (χ2v) is 16.7. The molecule has 0 bridgehead atoms. The highest BCUT2D eigenvalue weighted by molar-refractivity contribution is 6.37. The molecule has 286 valence electrons. The molecule has 2 heterocycles. The number of carbonyl (C=O) groups excluding carboxylic acids is 6. The summed E-state index contributed by atoms with van der Waals surface area (Å²) in [5.41, 5.74) is 3.11. The van der Waals surface area contributed by atoms with Gasteiger partial charge in [0.1, 0.15) is 29.9 Å². The third-order valence-corrected chi connectivity index (χ3v) is 12.6. The molecule has 5 N–H and O–H groups in total. The van der Waals surface area contributed by atoms with Gasteiger partial charge in [-0.05, 0) is 54.3 Å². The fraction of sp³-hybridized carbons (Fsp3) is 0.722. The number of hydrogen-bond donors (Lipinski definition) is 4. The van der Waals surface area contributed by atoms with Gasteiger partial charge >= 0.3 is 6.18 Å². The van der Waals surface area contributed by atoms with Crippen molar-refractivity contribution in [3.63, 3.8) is 0 Å². The molecule has 2 spiro atoms. The summed E-state index contributed by atoms with van der Waals surface area (Å²) in [7, 11) is 0. The molecule has 52 heavy (non-hydrogen) atoms. The van der Waals surface area contributed by atoms with Crippen LogP contribution >= 0.6 is 0 Å². The summed E-state index contributed by atoms with van der Waals surface area (Å²) in [5.74, 6) is -6.28. The van der Waals surface area contributed by atoms with E-state index in [2.05, 4.69) is 39.8 Å². The van der Waals surface area contributed by atoms with Gasteiger partial charge in [-0.25, -0.2) is 4.98 Å². The van der Waals surface area contributed by atoms with Crippen LogP contribution in [0.1, 0.15) is 109 Å². The van der Waals surface area contributed by atoms with Crippen LogP contribution in [0.15, 0.2) is 18.6 Å². The van der Waals surface area contributed by atoms with Crippen LogP contribution in [0.3, 0.4) is 0 Å². The van der Waals surface area contributed by atoms with Crippen molar-refractivity contribution in [2.24, 2.45) is 33.3 Å². The van der Waals surface area contributed by atoms with Gasteiger partial charge in [0, 0.05) is 24.4 Å². The van der Waals surface area contributed by atoms with E-state index in [0.29, 0.717) is 12.8 Å². The van der Waals surface area contributed by atoms with Gasteiger partial charge in [0.05, 0.1) is 12.6 Å². The van der Waals surface area contributed by atoms with Crippen LogP contribution in [-0.2, 0) is 24.0 Å². The lowest BCUT2D eigenvalue weighted by Crippen LogP contribution is -2.62. The number of fused-ring (bicyclic) bond motifs is 1. The molecular formula is C36H50F3N7O6. The van der Waals surface area contributed by atoms with Crippen molar-refractivity contribution in [1.29, 1.82) is 0 Å². The van der Waals surface area contributed by atoms with Crippen LogP contribution in [0.2, 0.25) is 0 Å². The van der Waals surface area contributed by atoms with Crippen LogP contribution in [0.4, 0.5) is 13.2 Å². The number of likely N-dealkylation sites (tertiary alicyclic amines) is 1. The molecule has 0 radical (unpaired) electrons. The molecule has 5 rings (SSSR count). The highest BCUT2D eigenvalue weighted by Crippen LogP contribution is 2.88. The number of hydrogen-bond acceptors (Lipinski definition) is 8. The summed E-state index contributed by atoms with van der Waals surface area (Å²) in [6, 6.07) is -5.80. The van der Waals surface area contributed by atoms with Crippen molar-refractivity contribution in [2.45, 2.75) is 129 Å². The molecule has 5 atom stereocenters. The van der Waals surface area contributed by atoms with Crippen molar-refractivity contribution >= 4 is 35.3 Å². The quantitative estimate of drug-likeness (QED) is 0.249. The van der Waals surface area contributed by atoms with Crippen LogP contribution in [0, 0.1) is 27.6 Å². The number of ketones is 1. The maximum atomic E-state index is 14.8. The Morgan fingerprint density at radius 1 is 0.942 bits per heavy atom. The number of nitrogens with zero attached hydrogens (tertiary/aromatic N) is 3. The normalized spacial score (nSPS) is 25.4. The first-order valence-corrected chi connectivity index (χ1v) is 18.0. The number of nitrogens with one attached hydrogen (secondary N) is 3. The van der Waals surface area contributed by atoms with E-state index in [0.717, 1.165) is 38.5 Å². The highest BCUT2D eigenvalue weighted by Gasteiger charge is 2.85. The van der Waals surface area contributed by atoms with Crippen molar-refractivity contribution in [3.8, 4) is 0 Å². The van der Waals surface area contributed by atoms with E-state index in [1.54, 1.807) is 20.8 Å². The third kappa shape index (κ3) is 7.13. The molecule has 1 aromatic rings. The Hall–Kier alpha value is -4.11. The minimum atomic E-state index is -4.91. The summed E-state index contributed by atoms with van der Waals surface area (Å²) in [5, 5.41) is 7.81. The predicted molar refractivity (Wildman–Crippen MR) is 181 cm³/mol. The van der Waals surface area contributed by atoms with E-state index in [9.17, 15) is 41.9 Å². The number of primary amides is 1. The van der Waals surface area contributed by atoms with Crippen molar-refractivity contribution in [2.75, 3.05) is 6.54 Å². The lowest BCUT2D eigenvalue weighted by molar-refractivity contribution is -0.154. The zero-order valence-electron chi connectivity index (χ0n) is 30.4. The number of aromatic nitrogens is 2. The number of nitrogens with two attached hydrogens (primary N) is 1. The first kappa shape index (κ1) is 39.1. The second-order valence-electron chi connectivity index (χ2n) is 16.7. The van der Waals surface area contributed by atoms with Crippen LogP contribution < -0.4 is 21.7 Å². The van der Waals surface area contributed by atoms with Gasteiger partial charge in [0.15, 0.2) is 0 Å². The van der Waals surface area contributed by atoms with Crippen LogP contribution in [0.5, 0.6) is 0 Å². The largest absolute Gasteiger partial charge is 0.391 e. The Balaban J connectivity index is 1.45. The molecule has 16 heteroatoms. The Bertz CT molecular complexity index is 1590. The lowest BCUT2D eigenvalue weighted by atomic mass is 9.73. The summed E-state index contributed by atoms with van der Waals surface area (Å²) in [4.78, 5) is 89.6. The fourth-order valence-electron chi connectivity index (χ4n) is 9.49. The molecular weight excluding hydrogens is 683 g/mol. The predicted octanol–water partition coefficient (Wildman–Crippen LogP) is 2.98. The number of alkyl halides is 3. The molecule has 5 amide bonds. The maximum absolute atomic E-state index is 14.8. The van der Waals surface area contributed by atoms with Gasteiger partial charge in [-0.15, -0.1) is 0 Å². The van der Waals surface area contributed by atoms with Gasteiger partial charge in [-0.1, -0.05) is 60.3 Å². The summed E-state index contributed by atoms with van der Waals surface area (Å²) in [6.07, 6.45) is 4.18. The molecule has 3 aliphatic carbocycles. The van der Waals surface area contributed by atoms with Gasteiger partial charge in [-0.3, -0.25) is 33.8 Å². The first-order chi connectivity index (χ1) is 24.2. The molecule has 3 saturated carbocycles. The second kappa shape index (κ2) is 14.0. The number of halogens is 3. The standard InChI is InChI=1S/C36H50F3N7O6/c1-32(2,3)26(45-30(51)24(20-10-7-6-8-11-20)44-28(49)22-18-41-14-15-42-22)31(52)46-19-35(33(4,5)34(35)12-9-13-34)17-23(46)29(50)43-21(16-36(37,38)39)25(47)27(40)48/h14-15,18,20-21,23-24,26H,6-13,16-17,19H2,1-5H3,(H2,40,48)(H,43,50)(H,44,49)(H,45,51)/t21?,23-,24-,26+,35+/m0/s1. The number of amides is 5. The molecule has 4 fully saturated rings. The molecule has 0 aromatic carbocycles. The van der Waals surface area contributed by atoms with E-state index >= 15 is 0 Å². The molecule has 1 saturated heterocycles. The van der Waals surface area contributed by atoms with E-state index in [1.165, 1.54) is 23.5 Å². The Labute approximate surface area is 301 Å². The van der Waals surface area contributed by atoms with Gasteiger partial charge in [-0.2, -0.15) is 13.2 Å². The Kier molecular flexibility index (Phi) is 10.6. The van der Waals surface area contributed by atoms with Gasteiger partial charge < -0.3 is 26.6 Å². The highest BCUT2D eigenvalue weighted by atomic mass is 19.4. The van der Waals surface area contributed by atoms with Crippen molar-refractivity contribution in [3.05, 3.63) is 24.3 Å². The van der Waals surface area contributed by atoms with Gasteiger partial charge in [0.25, 0.3) is 11.8 Å². The third-order valence-electron chi connectivity index (χ3n) is 12.6. The van der Waals surface area contributed by atoms with Crippen molar-refractivity contribution in [1.82, 2.24) is 30.8 Å². The summed E-state index contributed by atoms with van der Waals surface area (Å²) < 4.78 is 40.5. The smallest absolute Gasteiger partial charge is 0.363 e. The van der Waals surface area contributed by atoms with Gasteiger partial charge in [0.2, 0.25) is 23.5 Å². The number of carbonyl (C=O) groups is 6. The fourth-order valence-corrected chi connectivity index (χ4v) is 9.49. The molecule has 1 aromatic heterocycles. The average Bonchev–Trinajstić information content (AvgIpc) is 3.27. The molecule has 1 aliphatic heterocycles. The minimum Gasteiger partial charge on any atom is -0.363 e. The monoisotopic (exact) mass is 733 g/mol. The Morgan fingerprint density at radius 2 is 1.60 bits per heavy atom. The van der Waals surface area contributed by atoms with Crippen molar-refractivity contribution < 1.29 is 41.9 Å². The van der Waals surface area contributed by atoms with Crippen LogP contribution in [0.25, 0.3) is 0 Å².